The van der Waals surface area contributed by atoms with E-state index in [1.165, 1.54) is 16.7 Å². The van der Waals surface area contributed by atoms with Crippen LogP contribution in [0, 0.1) is 0 Å². The molecule has 3 aromatic rings. The van der Waals surface area contributed by atoms with Crippen LogP contribution in [-0.2, 0) is 14.2 Å². The molecule has 3 aromatic carbocycles. The quantitative estimate of drug-likeness (QED) is 0.189. The van der Waals surface area contributed by atoms with E-state index in [9.17, 15) is 0 Å². The summed E-state index contributed by atoms with van der Waals surface area (Å²) in [6, 6.07) is 25.0. The van der Waals surface area contributed by atoms with Crippen LogP contribution < -0.4 is 14.2 Å². The molecule has 2 saturated heterocycles. The van der Waals surface area contributed by atoms with E-state index >= 15 is 0 Å². The monoisotopic (exact) mass is 476 g/mol. The molecule has 0 aromatic heterocycles. The predicted molar refractivity (Wildman–Crippen MR) is 133 cm³/mol. The molecule has 2 fully saturated rings. The number of methoxy groups -OCH3 is 1. The van der Waals surface area contributed by atoms with Gasteiger partial charge in [0.2, 0.25) is 0 Å². The minimum absolute atomic E-state index is 0.0674. The molecule has 35 heavy (non-hydrogen) atoms. The van der Waals surface area contributed by atoms with E-state index in [4.69, 9.17) is 28.4 Å². The van der Waals surface area contributed by atoms with Crippen LogP contribution in [0.25, 0.3) is 0 Å². The summed E-state index contributed by atoms with van der Waals surface area (Å²) in [5.74, 6) is 2.63. The minimum atomic E-state index is 0.0674. The molecule has 0 radical (unpaired) electrons. The zero-order valence-electron chi connectivity index (χ0n) is 20.1. The van der Waals surface area contributed by atoms with Gasteiger partial charge in [-0.05, 0) is 53.1 Å². The first kappa shape index (κ1) is 23.7. The Morgan fingerprint density at radius 1 is 0.629 bits per heavy atom. The summed E-state index contributed by atoms with van der Waals surface area (Å²) in [7, 11) is 1.67. The third-order valence-corrected chi connectivity index (χ3v) is 6.15. The molecular weight excluding hydrogens is 444 g/mol. The molecular formula is C29H32O6. The van der Waals surface area contributed by atoms with Crippen molar-refractivity contribution in [2.24, 2.45) is 0 Å². The van der Waals surface area contributed by atoms with Crippen LogP contribution in [0.3, 0.4) is 0 Å². The highest BCUT2D eigenvalue weighted by Gasteiger charge is 2.24. The van der Waals surface area contributed by atoms with Gasteiger partial charge in [0.05, 0.1) is 32.5 Å². The molecule has 6 nitrogen and oxygen atoms in total. The fourth-order valence-electron chi connectivity index (χ4n) is 3.99. The van der Waals surface area contributed by atoms with Gasteiger partial charge in [0, 0.05) is 19.4 Å². The average Bonchev–Trinajstić information content (AvgIpc) is 3.82. The molecule has 6 heteroatoms. The molecule has 5 rings (SSSR count). The summed E-state index contributed by atoms with van der Waals surface area (Å²) in [6.45, 7) is 4.01. The van der Waals surface area contributed by atoms with Crippen molar-refractivity contribution in [3.05, 3.63) is 89.5 Å². The summed E-state index contributed by atoms with van der Waals surface area (Å²) in [6.07, 6.45) is 1.55. The molecule has 3 unspecified atom stereocenters. The highest BCUT2D eigenvalue weighted by molar-refractivity contribution is 5.46. The second kappa shape index (κ2) is 11.6. The van der Waals surface area contributed by atoms with Gasteiger partial charge in [-0.3, -0.25) is 0 Å². The zero-order valence-corrected chi connectivity index (χ0v) is 20.1. The van der Waals surface area contributed by atoms with Gasteiger partial charge < -0.3 is 28.4 Å². The van der Waals surface area contributed by atoms with E-state index in [2.05, 4.69) is 36.4 Å². The molecule has 184 valence electrons. The van der Waals surface area contributed by atoms with Gasteiger partial charge in [0.25, 0.3) is 0 Å². The van der Waals surface area contributed by atoms with Gasteiger partial charge in [-0.2, -0.15) is 0 Å². The molecule has 0 spiro atoms. The third kappa shape index (κ3) is 6.98. The van der Waals surface area contributed by atoms with Gasteiger partial charge >= 0.3 is 0 Å². The first-order valence-corrected chi connectivity index (χ1v) is 12.2. The van der Waals surface area contributed by atoms with E-state index < -0.39 is 0 Å². The van der Waals surface area contributed by atoms with E-state index in [0.717, 1.165) is 36.9 Å². The zero-order chi connectivity index (χ0) is 23.9. The maximum Gasteiger partial charge on any atom is 0.119 e. The molecule has 0 N–H and O–H groups in total. The van der Waals surface area contributed by atoms with Crippen molar-refractivity contribution < 1.29 is 28.4 Å². The molecule has 2 aliphatic heterocycles. The Kier molecular flexibility index (Phi) is 7.83. The molecule has 0 amide bonds. The highest BCUT2D eigenvalue weighted by atomic mass is 16.6. The molecule has 0 aliphatic carbocycles. The smallest absolute Gasteiger partial charge is 0.119 e. The summed E-state index contributed by atoms with van der Waals surface area (Å²) in [4.78, 5) is 0. The van der Waals surface area contributed by atoms with Crippen LogP contribution in [0.5, 0.6) is 17.2 Å². The average molecular weight is 477 g/mol. The molecule has 0 saturated carbocycles. The van der Waals surface area contributed by atoms with Crippen LogP contribution in [0.2, 0.25) is 0 Å². The molecule has 2 heterocycles. The molecule has 2 aliphatic rings. The van der Waals surface area contributed by atoms with Gasteiger partial charge in [-0.1, -0.05) is 36.4 Å². The standard InChI is InChI=1S/C29H32O6/c1-30-16-17-32-25-10-4-22(5-11-25)29(23-6-12-26(13-7-23)33-19-28-20-35-28)21-2-8-24(9-3-21)31-15-14-27-18-34-27/h2-13,27-29H,14-20H2,1H3. The lowest BCUT2D eigenvalue weighted by atomic mass is 9.85. The third-order valence-electron chi connectivity index (χ3n) is 6.15. The second-order valence-electron chi connectivity index (χ2n) is 8.84. The van der Waals surface area contributed by atoms with Gasteiger partial charge in [-0.15, -0.1) is 0 Å². The summed E-state index contributed by atoms with van der Waals surface area (Å²) >= 11 is 0. The number of hydrogen-bond acceptors (Lipinski definition) is 6. The Bertz CT molecular complexity index is 1040. The lowest BCUT2D eigenvalue weighted by Gasteiger charge is -2.20. The van der Waals surface area contributed by atoms with Crippen molar-refractivity contribution in [3.63, 3.8) is 0 Å². The first-order valence-electron chi connectivity index (χ1n) is 12.2. The highest BCUT2D eigenvalue weighted by Crippen LogP contribution is 2.35. The van der Waals surface area contributed by atoms with Crippen LogP contribution in [0.15, 0.2) is 72.8 Å². The first-order chi connectivity index (χ1) is 17.3. The van der Waals surface area contributed by atoms with Gasteiger partial charge in [0.15, 0.2) is 0 Å². The van der Waals surface area contributed by atoms with Crippen LogP contribution in [-0.4, -0.2) is 59.0 Å². The summed E-state index contributed by atoms with van der Waals surface area (Å²) < 4.78 is 33.1. The summed E-state index contributed by atoms with van der Waals surface area (Å²) in [5.41, 5.74) is 3.56. The van der Waals surface area contributed by atoms with E-state index in [1.54, 1.807) is 7.11 Å². The fourth-order valence-corrected chi connectivity index (χ4v) is 3.99. The Hall–Kier alpha value is -3.06. The lowest BCUT2D eigenvalue weighted by Crippen LogP contribution is -2.07. The topological polar surface area (TPSA) is 62.0 Å². The van der Waals surface area contributed by atoms with Crippen molar-refractivity contribution in [2.45, 2.75) is 24.5 Å². The normalized spacial score (nSPS) is 19.1. The lowest BCUT2D eigenvalue weighted by molar-refractivity contribution is 0.146. The minimum Gasteiger partial charge on any atom is -0.493 e. The maximum atomic E-state index is 5.90. The Balaban J connectivity index is 1.33. The number of benzene rings is 3. The van der Waals surface area contributed by atoms with Crippen LogP contribution >= 0.6 is 0 Å². The van der Waals surface area contributed by atoms with Gasteiger partial charge in [-0.25, -0.2) is 0 Å². The maximum absolute atomic E-state index is 5.90. The van der Waals surface area contributed by atoms with Gasteiger partial charge in [0.1, 0.15) is 36.6 Å². The number of rotatable bonds is 14. The van der Waals surface area contributed by atoms with Crippen molar-refractivity contribution in [3.8, 4) is 17.2 Å². The Labute approximate surface area is 206 Å². The Morgan fingerprint density at radius 3 is 1.54 bits per heavy atom. The van der Waals surface area contributed by atoms with E-state index in [-0.39, 0.29) is 12.0 Å². The molecule has 3 atom stereocenters. The van der Waals surface area contributed by atoms with E-state index in [0.29, 0.717) is 32.5 Å². The number of epoxide rings is 2. The number of hydrogen-bond donors (Lipinski definition) is 0. The Morgan fingerprint density at radius 2 is 1.09 bits per heavy atom. The van der Waals surface area contributed by atoms with Crippen molar-refractivity contribution >= 4 is 0 Å². The SMILES string of the molecule is COCCOc1ccc(C(c2ccc(OCCC3CO3)cc2)c2ccc(OCC3CO3)cc2)cc1. The van der Waals surface area contributed by atoms with E-state index in [1.807, 2.05) is 36.4 Å². The van der Waals surface area contributed by atoms with Crippen molar-refractivity contribution in [1.82, 2.24) is 0 Å². The van der Waals surface area contributed by atoms with Crippen molar-refractivity contribution in [2.75, 3.05) is 46.8 Å². The number of ether oxygens (including phenoxy) is 6. The van der Waals surface area contributed by atoms with Crippen molar-refractivity contribution in [1.29, 1.82) is 0 Å². The largest absolute Gasteiger partial charge is 0.493 e. The van der Waals surface area contributed by atoms with Crippen LogP contribution in [0.1, 0.15) is 29.0 Å². The molecule has 0 bridgehead atoms. The second-order valence-corrected chi connectivity index (χ2v) is 8.84. The van der Waals surface area contributed by atoms with Crippen LogP contribution in [0.4, 0.5) is 0 Å². The predicted octanol–water partition coefficient (Wildman–Crippen LogP) is 4.84. The fraction of sp³-hybridized carbons (Fsp3) is 0.379. The summed E-state index contributed by atoms with van der Waals surface area (Å²) in [5, 5.41) is 0.